The van der Waals surface area contributed by atoms with Crippen molar-refractivity contribution in [1.82, 2.24) is 25.2 Å². The lowest BCUT2D eigenvalue weighted by molar-refractivity contribution is -0.126. The number of amides is 2. The highest BCUT2D eigenvalue weighted by Crippen LogP contribution is 2.39. The van der Waals surface area contributed by atoms with E-state index in [9.17, 15) is 9.59 Å². The molecule has 2 rings (SSSR count). The van der Waals surface area contributed by atoms with E-state index in [1.165, 1.54) is 16.0 Å². The minimum absolute atomic E-state index is 0.106. The molecule has 0 bridgehead atoms. The van der Waals surface area contributed by atoms with Crippen LogP contribution in [-0.2, 0) is 4.79 Å². The molecule has 36 heavy (non-hydrogen) atoms. The van der Waals surface area contributed by atoms with Gasteiger partial charge in [-0.15, -0.1) is 6.58 Å². The van der Waals surface area contributed by atoms with E-state index >= 15 is 0 Å². The number of nitrogens with zero attached hydrogens (tertiary/aromatic N) is 5. The molecule has 0 saturated heterocycles. The van der Waals surface area contributed by atoms with Gasteiger partial charge < -0.3 is 20.5 Å². The Morgan fingerprint density at radius 3 is 2.56 bits per heavy atom. The molecule has 2 amide bonds. The summed E-state index contributed by atoms with van der Waals surface area (Å²) in [5.41, 5.74) is 2.95. The first kappa shape index (κ1) is 28.4. The number of rotatable bonds is 13. The summed E-state index contributed by atoms with van der Waals surface area (Å²) < 4.78 is 0. The van der Waals surface area contributed by atoms with Crippen LogP contribution in [0.1, 0.15) is 68.6 Å². The number of hydrazine groups is 1. The summed E-state index contributed by atoms with van der Waals surface area (Å²) in [6, 6.07) is 0. The number of hydrogen-bond donors (Lipinski definition) is 3. The Morgan fingerprint density at radius 2 is 2.00 bits per heavy atom. The van der Waals surface area contributed by atoms with Gasteiger partial charge in [0, 0.05) is 44.7 Å². The molecule has 1 aliphatic rings. The van der Waals surface area contributed by atoms with E-state index in [1.807, 2.05) is 20.1 Å². The minimum Gasteiger partial charge on any atom is -0.343 e. The number of anilines is 1. The molecule has 1 heterocycles. The minimum atomic E-state index is -0.534. The normalized spacial score (nSPS) is 14.2. The van der Waals surface area contributed by atoms with Crippen LogP contribution >= 0.6 is 0 Å². The highest BCUT2D eigenvalue weighted by Gasteiger charge is 2.28. The van der Waals surface area contributed by atoms with Crippen LogP contribution in [0.25, 0.3) is 0 Å². The Kier molecular flexibility index (Phi) is 10.5. The summed E-state index contributed by atoms with van der Waals surface area (Å²) in [7, 11) is 3.22. The number of allylic oxidation sites excluding steroid dienone is 3. The van der Waals surface area contributed by atoms with Crippen molar-refractivity contribution in [2.75, 3.05) is 26.0 Å². The molecule has 0 radical (unpaired) electrons. The van der Waals surface area contributed by atoms with Crippen molar-refractivity contribution in [3.63, 3.8) is 0 Å². The number of nitrogens with two attached hydrogens (primary N) is 1. The van der Waals surface area contributed by atoms with E-state index in [-0.39, 0.29) is 28.8 Å². The molecule has 1 fully saturated rings. The van der Waals surface area contributed by atoms with Gasteiger partial charge in [0.15, 0.2) is 11.5 Å². The molecule has 1 saturated carbocycles. The Bertz CT molecular complexity index is 1080. The third-order valence-electron chi connectivity index (χ3n) is 5.34. The third kappa shape index (κ3) is 8.16. The molecule has 0 spiro atoms. The lowest BCUT2D eigenvalue weighted by atomic mass is 10.2. The smallest absolute Gasteiger partial charge is 0.278 e. The molecule has 4 N–H and O–H groups in total. The van der Waals surface area contributed by atoms with Gasteiger partial charge in [-0.25, -0.2) is 15.8 Å². The van der Waals surface area contributed by atoms with Crippen LogP contribution in [0.3, 0.4) is 0 Å². The fourth-order valence-electron chi connectivity index (χ4n) is 3.15. The predicted molar refractivity (Wildman–Crippen MR) is 144 cm³/mol. The van der Waals surface area contributed by atoms with Gasteiger partial charge in [-0.3, -0.25) is 14.6 Å². The maximum atomic E-state index is 13.4. The van der Waals surface area contributed by atoms with E-state index in [1.54, 1.807) is 33.4 Å². The molecule has 1 aromatic heterocycles. The molecule has 0 aliphatic heterocycles. The van der Waals surface area contributed by atoms with Gasteiger partial charge in [-0.1, -0.05) is 12.2 Å². The van der Waals surface area contributed by atoms with E-state index in [2.05, 4.69) is 38.8 Å². The second-order valence-electron chi connectivity index (χ2n) is 8.94. The molecule has 194 valence electrons. The maximum Gasteiger partial charge on any atom is 0.278 e. The van der Waals surface area contributed by atoms with Gasteiger partial charge in [0.25, 0.3) is 11.8 Å². The van der Waals surface area contributed by atoms with E-state index < -0.39 is 5.91 Å². The quantitative estimate of drug-likeness (QED) is 0.0956. The predicted octanol–water partition coefficient (Wildman–Crippen LogP) is 3.47. The second-order valence-corrected chi connectivity index (χ2v) is 8.94. The van der Waals surface area contributed by atoms with Gasteiger partial charge in [-0.2, -0.15) is 0 Å². The van der Waals surface area contributed by atoms with Crippen molar-refractivity contribution in [2.24, 2.45) is 10.8 Å². The second kappa shape index (κ2) is 13.3. The Labute approximate surface area is 213 Å². The number of likely N-dealkylation sites (N-methyl/N-ethyl adjacent to an activating group) is 2. The zero-order valence-electron chi connectivity index (χ0n) is 22.0. The Hall–Kier alpha value is -3.79. The van der Waals surface area contributed by atoms with Gasteiger partial charge in [0.1, 0.15) is 5.70 Å². The molecule has 0 unspecified atom stereocenters. The number of carbonyl (C=O) groups excluding carboxylic acids is 2. The standard InChI is InChI=1S/C26H38N8O2/c1-8-20(23(34(27)9-2)26(36)33(6)7)32-25(35)22-24(29-16-21(31-22)19-12-13-19)30-18(5)15-28-14-10-11-17(3)4/h8,14-16,19H,1,3,9-13,27H2,2,4-7H3,(H,29,30)(H,32,35)/b18-15+,23-20+,28-14-. The topological polar surface area (TPSA) is 129 Å². The number of aliphatic imine (C=N–C) groups is 1. The van der Waals surface area contributed by atoms with E-state index in [4.69, 9.17) is 5.84 Å². The molecule has 10 nitrogen and oxygen atoms in total. The Morgan fingerprint density at radius 1 is 1.31 bits per heavy atom. The number of nitrogens with one attached hydrogen (secondary N) is 2. The maximum absolute atomic E-state index is 13.4. The van der Waals surface area contributed by atoms with Gasteiger partial charge >= 0.3 is 0 Å². The highest BCUT2D eigenvalue weighted by molar-refractivity contribution is 6.00. The third-order valence-corrected chi connectivity index (χ3v) is 5.34. The fraction of sp³-hybridized carbons (Fsp3) is 0.423. The first-order valence-electron chi connectivity index (χ1n) is 12.0. The monoisotopic (exact) mass is 494 g/mol. The summed E-state index contributed by atoms with van der Waals surface area (Å²) in [6.45, 7) is 13.6. The van der Waals surface area contributed by atoms with Crippen molar-refractivity contribution in [3.8, 4) is 0 Å². The van der Waals surface area contributed by atoms with Crippen molar-refractivity contribution in [2.45, 2.75) is 52.4 Å². The van der Waals surface area contributed by atoms with E-state index in [0.717, 1.165) is 37.0 Å². The van der Waals surface area contributed by atoms with Crippen LogP contribution in [-0.4, -0.2) is 58.5 Å². The average molecular weight is 495 g/mol. The van der Waals surface area contributed by atoms with Crippen LogP contribution < -0.4 is 16.5 Å². The molecule has 1 aliphatic carbocycles. The van der Waals surface area contributed by atoms with Crippen LogP contribution in [0.5, 0.6) is 0 Å². The van der Waals surface area contributed by atoms with Gasteiger partial charge in [-0.05, 0) is 52.5 Å². The van der Waals surface area contributed by atoms with Crippen molar-refractivity contribution >= 4 is 23.8 Å². The summed E-state index contributed by atoms with van der Waals surface area (Å²) in [4.78, 5) is 40.9. The summed E-state index contributed by atoms with van der Waals surface area (Å²) in [6.07, 6.45) is 10.2. The Balaban J connectivity index is 2.37. The van der Waals surface area contributed by atoms with Crippen LogP contribution in [0.15, 0.2) is 59.3 Å². The van der Waals surface area contributed by atoms with Crippen molar-refractivity contribution in [3.05, 3.63) is 65.7 Å². The van der Waals surface area contributed by atoms with Crippen molar-refractivity contribution < 1.29 is 9.59 Å². The average Bonchev–Trinajstić information content (AvgIpc) is 3.68. The first-order chi connectivity index (χ1) is 17.1. The lowest BCUT2D eigenvalue weighted by Crippen LogP contribution is -2.41. The summed E-state index contributed by atoms with van der Waals surface area (Å²) in [5, 5.41) is 7.14. The van der Waals surface area contributed by atoms with Crippen molar-refractivity contribution in [1.29, 1.82) is 0 Å². The van der Waals surface area contributed by atoms with Gasteiger partial charge in [0.2, 0.25) is 0 Å². The highest BCUT2D eigenvalue weighted by atomic mass is 16.2. The fourth-order valence-corrected chi connectivity index (χ4v) is 3.15. The number of aromatic nitrogens is 2. The molecule has 0 atom stereocenters. The SMILES string of the molecule is C=C/C(NC(=O)c1nc(C2CC2)cnc1N/C(C)=C/N=C\CCC(=C)C)=C(/C(=O)N(C)C)N(N)CC. The zero-order chi connectivity index (χ0) is 26.8. The van der Waals surface area contributed by atoms with E-state index in [0.29, 0.717) is 18.2 Å². The molecular weight excluding hydrogens is 456 g/mol. The van der Waals surface area contributed by atoms with Crippen LogP contribution in [0.2, 0.25) is 0 Å². The molecular formula is C26H38N8O2. The lowest BCUT2D eigenvalue weighted by Gasteiger charge is -2.24. The molecule has 0 aromatic carbocycles. The largest absolute Gasteiger partial charge is 0.343 e. The summed E-state index contributed by atoms with van der Waals surface area (Å²) >= 11 is 0. The van der Waals surface area contributed by atoms with Gasteiger partial charge in [0.05, 0.1) is 17.6 Å². The molecule has 1 aromatic rings. The van der Waals surface area contributed by atoms with Crippen LogP contribution in [0.4, 0.5) is 5.82 Å². The van der Waals surface area contributed by atoms with Crippen LogP contribution in [0, 0.1) is 0 Å². The molecule has 10 heteroatoms. The first-order valence-corrected chi connectivity index (χ1v) is 12.0. The zero-order valence-corrected chi connectivity index (χ0v) is 22.0. The number of hydrogen-bond acceptors (Lipinski definition) is 8. The number of carbonyl (C=O) groups is 2. The summed E-state index contributed by atoms with van der Waals surface area (Å²) in [5.74, 6) is 5.74.